The zero-order chi connectivity index (χ0) is 22.1. The largest absolute Gasteiger partial charge is 0.496 e. The molecule has 0 bridgehead atoms. The van der Waals surface area contributed by atoms with E-state index in [2.05, 4.69) is 35.7 Å². The second-order valence-electron chi connectivity index (χ2n) is 7.35. The van der Waals surface area contributed by atoms with E-state index in [1.165, 1.54) is 0 Å². The molecule has 2 aromatic carbocycles. The number of nitrogens with zero attached hydrogens (tertiary/aromatic N) is 1. The molecule has 0 heterocycles. The molecule has 0 aromatic heterocycles. The van der Waals surface area contributed by atoms with Crippen molar-refractivity contribution in [2.75, 3.05) is 38.7 Å². The summed E-state index contributed by atoms with van der Waals surface area (Å²) in [4.78, 5) is 27.7. The van der Waals surface area contributed by atoms with Crippen LogP contribution in [0.25, 0.3) is 0 Å². The SMILES string of the molecule is CCN(CC)c1ccc(C(=O)NNC(=O)C[NH+](C)Cc2cc(C)ccc2OC)cc1. The molecule has 0 aliphatic heterocycles. The van der Waals surface area contributed by atoms with E-state index in [0.717, 1.165) is 40.6 Å². The molecule has 0 aliphatic carbocycles. The fourth-order valence-electron chi connectivity index (χ4n) is 3.36. The first-order valence-corrected chi connectivity index (χ1v) is 10.3. The van der Waals surface area contributed by atoms with Crippen LogP contribution in [0.4, 0.5) is 5.69 Å². The summed E-state index contributed by atoms with van der Waals surface area (Å²) in [5, 5.41) is 0. The minimum Gasteiger partial charge on any atom is -0.496 e. The highest BCUT2D eigenvalue weighted by atomic mass is 16.5. The third-order valence-electron chi connectivity index (χ3n) is 4.96. The lowest BCUT2D eigenvalue weighted by molar-refractivity contribution is -0.885. The van der Waals surface area contributed by atoms with Crippen LogP contribution in [0.2, 0.25) is 0 Å². The van der Waals surface area contributed by atoms with Gasteiger partial charge in [-0.05, 0) is 57.2 Å². The third kappa shape index (κ3) is 6.49. The highest BCUT2D eigenvalue weighted by Gasteiger charge is 2.15. The molecule has 162 valence electrons. The molecule has 2 amide bonds. The molecule has 0 fully saturated rings. The third-order valence-corrected chi connectivity index (χ3v) is 4.96. The van der Waals surface area contributed by atoms with Gasteiger partial charge in [0.05, 0.1) is 14.2 Å². The van der Waals surface area contributed by atoms with Crippen molar-refractivity contribution >= 4 is 17.5 Å². The van der Waals surface area contributed by atoms with Gasteiger partial charge in [0.25, 0.3) is 11.8 Å². The van der Waals surface area contributed by atoms with Crippen molar-refractivity contribution < 1.29 is 19.2 Å². The van der Waals surface area contributed by atoms with Gasteiger partial charge in [0.15, 0.2) is 6.54 Å². The molecule has 7 nitrogen and oxygen atoms in total. The molecule has 7 heteroatoms. The monoisotopic (exact) mass is 413 g/mol. The molecule has 1 atom stereocenters. The first-order chi connectivity index (χ1) is 14.4. The summed E-state index contributed by atoms with van der Waals surface area (Å²) in [7, 11) is 3.56. The number of hydrazine groups is 1. The Kier molecular flexibility index (Phi) is 8.68. The summed E-state index contributed by atoms with van der Waals surface area (Å²) in [6, 6.07) is 13.3. The standard InChI is InChI=1S/C23H32N4O3/c1-6-27(7-2)20-11-9-18(10-12-20)23(29)25-24-22(28)16-26(4)15-19-14-17(3)8-13-21(19)30-5/h8-14H,6-7,15-16H2,1-5H3,(H,24,28)(H,25,29)/p+1. The van der Waals surface area contributed by atoms with E-state index in [1.807, 2.05) is 38.2 Å². The normalized spacial score (nSPS) is 11.5. The van der Waals surface area contributed by atoms with Gasteiger partial charge >= 0.3 is 0 Å². The van der Waals surface area contributed by atoms with E-state index in [4.69, 9.17) is 4.74 Å². The van der Waals surface area contributed by atoms with E-state index in [1.54, 1.807) is 19.2 Å². The number of carbonyl (C=O) groups excluding carboxylic acids is 2. The van der Waals surface area contributed by atoms with Crippen LogP contribution in [0.5, 0.6) is 5.75 Å². The summed E-state index contributed by atoms with van der Waals surface area (Å²) in [5.74, 6) is 0.210. The molecule has 0 saturated carbocycles. The van der Waals surface area contributed by atoms with Gasteiger partial charge in [-0.3, -0.25) is 20.4 Å². The summed E-state index contributed by atoms with van der Waals surface area (Å²) < 4.78 is 5.40. The Morgan fingerprint density at radius 2 is 1.70 bits per heavy atom. The molecule has 0 saturated heterocycles. The van der Waals surface area contributed by atoms with Crippen LogP contribution in [-0.2, 0) is 11.3 Å². The maximum absolute atomic E-state index is 12.3. The van der Waals surface area contributed by atoms with Gasteiger partial charge in [-0.1, -0.05) is 11.6 Å². The first kappa shape index (κ1) is 23.2. The fraction of sp³-hybridized carbons (Fsp3) is 0.391. The molecular weight excluding hydrogens is 380 g/mol. The molecule has 0 aliphatic rings. The quantitative estimate of drug-likeness (QED) is 0.542. The van der Waals surface area contributed by atoms with Gasteiger partial charge < -0.3 is 14.5 Å². The number of quaternary nitrogens is 1. The average molecular weight is 414 g/mol. The molecule has 30 heavy (non-hydrogen) atoms. The molecule has 1 unspecified atom stereocenters. The van der Waals surface area contributed by atoms with Crippen molar-refractivity contribution in [2.24, 2.45) is 0 Å². The number of hydrogen-bond donors (Lipinski definition) is 3. The van der Waals surface area contributed by atoms with Crippen LogP contribution in [0, 0.1) is 6.92 Å². The Morgan fingerprint density at radius 1 is 1.03 bits per heavy atom. The zero-order valence-corrected chi connectivity index (χ0v) is 18.5. The van der Waals surface area contributed by atoms with Crippen LogP contribution in [-0.4, -0.2) is 45.6 Å². The van der Waals surface area contributed by atoms with Crippen molar-refractivity contribution in [3.05, 3.63) is 59.2 Å². The Morgan fingerprint density at radius 3 is 2.30 bits per heavy atom. The van der Waals surface area contributed by atoms with Crippen molar-refractivity contribution in [3.63, 3.8) is 0 Å². The van der Waals surface area contributed by atoms with Crippen molar-refractivity contribution in [1.82, 2.24) is 10.9 Å². The van der Waals surface area contributed by atoms with Crippen molar-refractivity contribution in [1.29, 1.82) is 0 Å². The topological polar surface area (TPSA) is 75.1 Å². The van der Waals surface area contributed by atoms with Gasteiger partial charge in [0.2, 0.25) is 0 Å². The van der Waals surface area contributed by atoms with Gasteiger partial charge in [0.1, 0.15) is 12.3 Å². The number of amides is 2. The number of aryl methyl sites for hydroxylation is 1. The molecular formula is C23H33N4O3+. The van der Waals surface area contributed by atoms with Crippen LogP contribution in [0.1, 0.15) is 35.3 Å². The molecule has 0 radical (unpaired) electrons. The lowest BCUT2D eigenvalue weighted by Crippen LogP contribution is -3.09. The lowest BCUT2D eigenvalue weighted by Gasteiger charge is -2.21. The Balaban J connectivity index is 1.85. The summed E-state index contributed by atoms with van der Waals surface area (Å²) >= 11 is 0. The predicted octanol–water partition coefficient (Wildman–Crippen LogP) is 1.33. The van der Waals surface area contributed by atoms with E-state index in [9.17, 15) is 9.59 Å². The first-order valence-electron chi connectivity index (χ1n) is 10.3. The number of anilines is 1. The molecule has 0 spiro atoms. The number of ether oxygens (including phenoxy) is 1. The maximum Gasteiger partial charge on any atom is 0.293 e. The summed E-state index contributed by atoms with van der Waals surface area (Å²) in [6.45, 7) is 8.87. The maximum atomic E-state index is 12.3. The number of carbonyl (C=O) groups is 2. The Hall–Kier alpha value is -3.06. The molecule has 2 rings (SSSR count). The number of hydrogen-bond acceptors (Lipinski definition) is 4. The highest BCUT2D eigenvalue weighted by Crippen LogP contribution is 2.18. The Labute approximate surface area is 179 Å². The van der Waals surface area contributed by atoms with Gasteiger partial charge in [-0.2, -0.15) is 0 Å². The Bertz CT molecular complexity index is 848. The van der Waals surface area contributed by atoms with Gasteiger partial charge in [-0.15, -0.1) is 0 Å². The molecule has 3 N–H and O–H groups in total. The van der Waals surface area contributed by atoms with E-state index >= 15 is 0 Å². The van der Waals surface area contributed by atoms with Crippen molar-refractivity contribution in [3.8, 4) is 5.75 Å². The van der Waals surface area contributed by atoms with Gasteiger partial charge in [-0.25, -0.2) is 0 Å². The zero-order valence-electron chi connectivity index (χ0n) is 18.5. The fourth-order valence-corrected chi connectivity index (χ4v) is 3.36. The van der Waals surface area contributed by atoms with Crippen LogP contribution in [0.3, 0.4) is 0 Å². The lowest BCUT2D eigenvalue weighted by atomic mass is 10.1. The minimum absolute atomic E-state index is 0.221. The highest BCUT2D eigenvalue weighted by molar-refractivity contribution is 5.95. The minimum atomic E-state index is -0.340. The summed E-state index contributed by atoms with van der Waals surface area (Å²) in [6.07, 6.45) is 0. The molecule has 2 aromatic rings. The van der Waals surface area contributed by atoms with Crippen LogP contribution >= 0.6 is 0 Å². The van der Waals surface area contributed by atoms with Crippen molar-refractivity contribution in [2.45, 2.75) is 27.3 Å². The van der Waals surface area contributed by atoms with Crippen LogP contribution in [0.15, 0.2) is 42.5 Å². The second-order valence-corrected chi connectivity index (χ2v) is 7.35. The number of likely N-dealkylation sites (N-methyl/N-ethyl adjacent to an activating group) is 1. The van der Waals surface area contributed by atoms with Gasteiger partial charge in [0, 0.05) is 29.9 Å². The van der Waals surface area contributed by atoms with E-state index in [0.29, 0.717) is 12.1 Å². The van der Waals surface area contributed by atoms with Crippen LogP contribution < -0.4 is 25.4 Å². The second kappa shape index (κ2) is 11.2. The number of methoxy groups -OCH3 is 1. The number of rotatable bonds is 9. The predicted molar refractivity (Wildman–Crippen MR) is 119 cm³/mol. The smallest absolute Gasteiger partial charge is 0.293 e. The van der Waals surface area contributed by atoms with E-state index < -0.39 is 0 Å². The summed E-state index contributed by atoms with van der Waals surface area (Å²) in [5.41, 5.74) is 8.73. The average Bonchev–Trinajstić information content (AvgIpc) is 2.73. The van der Waals surface area contributed by atoms with E-state index in [-0.39, 0.29) is 18.4 Å². The number of benzene rings is 2. The number of nitrogens with one attached hydrogen (secondary N) is 3.